The molecule has 0 radical (unpaired) electrons. The number of nitrogens with zero attached hydrogens (tertiary/aromatic N) is 4. The van der Waals surface area contributed by atoms with Gasteiger partial charge in [-0.15, -0.1) is 11.3 Å². The lowest BCUT2D eigenvalue weighted by molar-refractivity contribution is 0.206. The summed E-state index contributed by atoms with van der Waals surface area (Å²) in [7, 11) is 1.79. The van der Waals surface area contributed by atoms with Crippen LogP contribution in [0, 0.1) is 0 Å². The standard InChI is InChI=1S/C21H21N5OS/c1-25(15-20-24-18-9-4-5-10-19(18)28-20)21(27)22-13-16-7-2-3-8-17(16)14-26-12-6-11-23-26/h2-12H,13-15H2,1H3,(H,22,27). The van der Waals surface area contributed by atoms with Crippen molar-refractivity contribution in [3.8, 4) is 0 Å². The molecule has 2 aromatic carbocycles. The number of para-hydroxylation sites is 1. The molecule has 0 aliphatic heterocycles. The number of carbonyl (C=O) groups excluding carboxylic acids is 1. The molecule has 4 rings (SSSR count). The van der Waals surface area contributed by atoms with E-state index in [0.717, 1.165) is 26.4 Å². The van der Waals surface area contributed by atoms with Crippen molar-refractivity contribution in [3.05, 3.63) is 83.1 Å². The van der Waals surface area contributed by atoms with Crippen LogP contribution < -0.4 is 5.32 Å². The van der Waals surface area contributed by atoms with Crippen LogP contribution in [0.15, 0.2) is 67.0 Å². The molecule has 1 N–H and O–H groups in total. The van der Waals surface area contributed by atoms with Crippen molar-refractivity contribution in [2.45, 2.75) is 19.6 Å². The Morgan fingerprint density at radius 3 is 2.68 bits per heavy atom. The molecular weight excluding hydrogens is 370 g/mol. The van der Waals surface area contributed by atoms with Crippen molar-refractivity contribution in [2.75, 3.05) is 7.05 Å². The zero-order valence-electron chi connectivity index (χ0n) is 15.6. The zero-order valence-corrected chi connectivity index (χ0v) is 16.4. The molecule has 0 saturated carbocycles. The molecule has 0 fully saturated rings. The van der Waals surface area contributed by atoms with E-state index in [1.165, 1.54) is 0 Å². The molecule has 142 valence electrons. The van der Waals surface area contributed by atoms with Gasteiger partial charge in [0.2, 0.25) is 0 Å². The number of fused-ring (bicyclic) bond motifs is 1. The average molecular weight is 392 g/mol. The van der Waals surface area contributed by atoms with Gasteiger partial charge in [-0.2, -0.15) is 5.10 Å². The van der Waals surface area contributed by atoms with E-state index in [0.29, 0.717) is 19.6 Å². The summed E-state index contributed by atoms with van der Waals surface area (Å²) < 4.78 is 3.01. The van der Waals surface area contributed by atoms with Crippen LogP contribution in [0.25, 0.3) is 10.2 Å². The molecule has 7 heteroatoms. The first kappa shape index (κ1) is 18.2. The molecule has 0 unspecified atom stereocenters. The van der Waals surface area contributed by atoms with Crippen LogP contribution in [0.2, 0.25) is 0 Å². The summed E-state index contributed by atoms with van der Waals surface area (Å²) >= 11 is 1.62. The second-order valence-corrected chi connectivity index (χ2v) is 7.68. The number of nitrogens with one attached hydrogen (secondary N) is 1. The van der Waals surface area contributed by atoms with Crippen molar-refractivity contribution in [2.24, 2.45) is 0 Å². The molecule has 0 saturated heterocycles. The Bertz CT molecular complexity index is 1040. The van der Waals surface area contributed by atoms with Crippen molar-refractivity contribution in [1.29, 1.82) is 0 Å². The van der Waals surface area contributed by atoms with Crippen molar-refractivity contribution in [1.82, 2.24) is 25.0 Å². The van der Waals surface area contributed by atoms with Crippen LogP contribution in [-0.4, -0.2) is 32.7 Å². The number of amides is 2. The maximum Gasteiger partial charge on any atom is 0.317 e. The van der Waals surface area contributed by atoms with Gasteiger partial charge in [0.15, 0.2) is 0 Å². The summed E-state index contributed by atoms with van der Waals surface area (Å²) in [5.41, 5.74) is 3.20. The Balaban J connectivity index is 1.37. The molecule has 4 aromatic rings. The lowest BCUT2D eigenvalue weighted by Gasteiger charge is -2.17. The highest BCUT2D eigenvalue weighted by atomic mass is 32.1. The number of rotatable bonds is 6. The molecule has 0 atom stereocenters. The molecule has 2 heterocycles. The highest BCUT2D eigenvalue weighted by molar-refractivity contribution is 7.18. The minimum absolute atomic E-state index is 0.117. The molecule has 2 aromatic heterocycles. The van der Waals surface area contributed by atoms with Crippen LogP contribution in [0.5, 0.6) is 0 Å². The molecular formula is C21H21N5OS. The summed E-state index contributed by atoms with van der Waals surface area (Å²) in [4.78, 5) is 18.8. The fourth-order valence-electron chi connectivity index (χ4n) is 3.02. The van der Waals surface area contributed by atoms with E-state index in [9.17, 15) is 4.79 Å². The first-order valence-corrected chi connectivity index (χ1v) is 9.88. The van der Waals surface area contributed by atoms with Gasteiger partial charge in [-0.3, -0.25) is 4.68 Å². The number of thiazole rings is 1. The third-order valence-corrected chi connectivity index (χ3v) is 5.52. The van der Waals surface area contributed by atoms with E-state index in [4.69, 9.17) is 0 Å². The highest BCUT2D eigenvalue weighted by Crippen LogP contribution is 2.22. The van der Waals surface area contributed by atoms with Crippen molar-refractivity contribution < 1.29 is 4.79 Å². The molecule has 0 aliphatic rings. The number of carbonyl (C=O) groups is 1. The fraction of sp³-hybridized carbons (Fsp3) is 0.190. The number of hydrogen-bond donors (Lipinski definition) is 1. The average Bonchev–Trinajstić information content (AvgIpc) is 3.36. The van der Waals surface area contributed by atoms with Crippen LogP contribution in [0.4, 0.5) is 4.79 Å². The van der Waals surface area contributed by atoms with Gasteiger partial charge in [-0.05, 0) is 29.3 Å². The Kier molecular flexibility index (Phi) is 5.34. The third-order valence-electron chi connectivity index (χ3n) is 4.50. The van der Waals surface area contributed by atoms with Crippen LogP contribution in [0.1, 0.15) is 16.1 Å². The predicted molar refractivity (Wildman–Crippen MR) is 111 cm³/mol. The van der Waals surface area contributed by atoms with Gasteiger partial charge in [0.25, 0.3) is 0 Å². The summed E-state index contributed by atoms with van der Waals surface area (Å²) in [6.45, 7) is 1.64. The first-order valence-electron chi connectivity index (χ1n) is 9.06. The number of aromatic nitrogens is 3. The van der Waals surface area contributed by atoms with Gasteiger partial charge in [-0.25, -0.2) is 9.78 Å². The Morgan fingerprint density at radius 1 is 1.11 bits per heavy atom. The van der Waals surface area contributed by atoms with Gasteiger partial charge in [0, 0.05) is 26.0 Å². The van der Waals surface area contributed by atoms with Gasteiger partial charge in [0.1, 0.15) is 5.01 Å². The molecule has 0 bridgehead atoms. The second-order valence-electron chi connectivity index (χ2n) is 6.56. The quantitative estimate of drug-likeness (QED) is 0.542. The molecule has 6 nitrogen and oxygen atoms in total. The Hall–Kier alpha value is -3.19. The number of urea groups is 1. The second kappa shape index (κ2) is 8.22. The van der Waals surface area contributed by atoms with Gasteiger partial charge < -0.3 is 10.2 Å². The Morgan fingerprint density at radius 2 is 1.89 bits per heavy atom. The van der Waals surface area contributed by atoms with E-state index in [1.807, 2.05) is 59.4 Å². The smallest absolute Gasteiger partial charge is 0.317 e. The minimum atomic E-state index is -0.117. The predicted octanol–water partition coefficient (Wildman–Crippen LogP) is 3.88. The van der Waals surface area contributed by atoms with Crippen molar-refractivity contribution >= 4 is 27.6 Å². The van der Waals surface area contributed by atoms with E-state index in [2.05, 4.69) is 21.5 Å². The van der Waals surface area contributed by atoms with Gasteiger partial charge in [0.05, 0.1) is 23.3 Å². The molecule has 2 amide bonds. The number of hydrogen-bond acceptors (Lipinski definition) is 4. The molecule has 28 heavy (non-hydrogen) atoms. The van der Waals surface area contributed by atoms with E-state index in [-0.39, 0.29) is 6.03 Å². The minimum Gasteiger partial charge on any atom is -0.334 e. The largest absolute Gasteiger partial charge is 0.334 e. The van der Waals surface area contributed by atoms with E-state index >= 15 is 0 Å². The van der Waals surface area contributed by atoms with E-state index in [1.54, 1.807) is 29.5 Å². The SMILES string of the molecule is CN(Cc1nc2ccccc2s1)C(=O)NCc1ccccc1Cn1cccn1. The summed E-state index contributed by atoms with van der Waals surface area (Å²) in [6, 6.07) is 17.9. The summed E-state index contributed by atoms with van der Waals surface area (Å²) in [6.07, 6.45) is 3.70. The highest BCUT2D eigenvalue weighted by Gasteiger charge is 2.13. The zero-order chi connectivity index (χ0) is 19.3. The molecule has 0 spiro atoms. The van der Waals surface area contributed by atoms with Crippen LogP contribution in [0.3, 0.4) is 0 Å². The van der Waals surface area contributed by atoms with Crippen molar-refractivity contribution in [3.63, 3.8) is 0 Å². The Labute approximate surface area is 167 Å². The summed E-state index contributed by atoms with van der Waals surface area (Å²) in [5, 5.41) is 8.19. The number of benzene rings is 2. The third kappa shape index (κ3) is 4.20. The van der Waals surface area contributed by atoms with Gasteiger partial charge >= 0.3 is 6.03 Å². The summed E-state index contributed by atoms with van der Waals surface area (Å²) in [5.74, 6) is 0. The fourth-order valence-corrected chi connectivity index (χ4v) is 4.04. The molecule has 0 aliphatic carbocycles. The monoisotopic (exact) mass is 391 g/mol. The maximum absolute atomic E-state index is 12.5. The maximum atomic E-state index is 12.5. The lowest BCUT2D eigenvalue weighted by atomic mass is 10.1. The lowest BCUT2D eigenvalue weighted by Crippen LogP contribution is -2.36. The first-order chi connectivity index (χ1) is 13.7. The normalized spacial score (nSPS) is 10.9. The topological polar surface area (TPSA) is 63.1 Å². The van der Waals surface area contributed by atoms with Crippen LogP contribution >= 0.6 is 11.3 Å². The van der Waals surface area contributed by atoms with E-state index < -0.39 is 0 Å². The van der Waals surface area contributed by atoms with Crippen LogP contribution in [-0.2, 0) is 19.6 Å². The van der Waals surface area contributed by atoms with Gasteiger partial charge in [-0.1, -0.05) is 36.4 Å².